The maximum atomic E-state index is 14.2. The van der Waals surface area contributed by atoms with Gasteiger partial charge in [-0.15, -0.1) is 11.8 Å². The summed E-state index contributed by atoms with van der Waals surface area (Å²) in [5.41, 5.74) is 0.986. The summed E-state index contributed by atoms with van der Waals surface area (Å²) in [7, 11) is 0. The summed E-state index contributed by atoms with van der Waals surface area (Å²) in [5.74, 6) is -1.29. The fourth-order valence-electron chi connectivity index (χ4n) is 6.48. The van der Waals surface area contributed by atoms with Gasteiger partial charge in [0.1, 0.15) is 6.04 Å². The molecule has 4 rings (SSSR count). The summed E-state index contributed by atoms with van der Waals surface area (Å²) >= 11 is 1.67. The molecule has 3 unspecified atom stereocenters. The molecule has 0 aromatic heterocycles. The molecule has 7 nitrogen and oxygen atoms in total. The van der Waals surface area contributed by atoms with Crippen LogP contribution < -0.4 is 10.6 Å². The lowest BCUT2D eigenvalue weighted by atomic mass is 9.66. The van der Waals surface area contributed by atoms with Crippen molar-refractivity contribution >= 4 is 29.5 Å². The second-order valence-electron chi connectivity index (χ2n) is 10.4. The van der Waals surface area contributed by atoms with Gasteiger partial charge in [-0.3, -0.25) is 14.4 Å². The molecular weight excluding hydrogens is 462 g/mol. The SMILES string of the molecule is CCCNC(=O)[C@@H]1[C@@H]2CC(C)C3(S2)C(C(=O)NCc2ccccc2)N([C@@H](CO)[C@@H](C)CC)C(=O)[C@H]13. The molecule has 3 fully saturated rings. The number of rotatable bonds is 10. The number of thioether (sulfide) groups is 1. The van der Waals surface area contributed by atoms with Crippen LogP contribution in [0.5, 0.6) is 0 Å². The molecule has 8 atom stereocenters. The number of likely N-dealkylation sites (tertiary alicyclic amines) is 1. The van der Waals surface area contributed by atoms with Crippen molar-refractivity contribution < 1.29 is 19.5 Å². The van der Waals surface area contributed by atoms with Crippen LogP contribution in [0.2, 0.25) is 0 Å². The van der Waals surface area contributed by atoms with E-state index in [1.54, 1.807) is 16.7 Å². The zero-order valence-electron chi connectivity index (χ0n) is 21.2. The lowest BCUT2D eigenvalue weighted by Crippen LogP contribution is -2.59. The Bertz CT molecular complexity index is 944. The van der Waals surface area contributed by atoms with Crippen LogP contribution in [-0.4, -0.2) is 63.0 Å². The molecule has 1 spiro atoms. The summed E-state index contributed by atoms with van der Waals surface area (Å²) in [5, 5.41) is 16.5. The third-order valence-corrected chi connectivity index (χ3v) is 10.5. The van der Waals surface area contributed by atoms with Crippen LogP contribution in [0.25, 0.3) is 0 Å². The highest BCUT2D eigenvalue weighted by Crippen LogP contribution is 2.68. The molecule has 3 saturated heterocycles. The standard InChI is InChI=1S/C27H39N3O4S/c1-5-12-28-24(32)21-20-13-17(4)27(35-20)22(21)26(34)30(19(15-31)16(3)6-2)23(27)25(33)29-14-18-10-8-7-9-11-18/h7-11,16-17,19-23,31H,5-6,12-15H2,1-4H3,(H,28,32)(H,29,33)/t16-,17?,19-,20-,21+,22-,23?,27?/m0/s1. The van der Waals surface area contributed by atoms with Crippen molar-refractivity contribution in [2.24, 2.45) is 23.7 Å². The third-order valence-electron chi connectivity index (χ3n) is 8.44. The number of aliphatic hydroxyl groups is 1. The van der Waals surface area contributed by atoms with E-state index in [0.717, 1.165) is 24.8 Å². The van der Waals surface area contributed by atoms with E-state index in [1.165, 1.54) is 0 Å². The minimum atomic E-state index is -0.719. The Balaban J connectivity index is 1.72. The predicted molar refractivity (Wildman–Crippen MR) is 137 cm³/mol. The first kappa shape index (κ1) is 26.0. The van der Waals surface area contributed by atoms with Crippen molar-refractivity contribution in [3.8, 4) is 0 Å². The summed E-state index contributed by atoms with van der Waals surface area (Å²) < 4.78 is -0.669. The van der Waals surface area contributed by atoms with Gasteiger partial charge in [-0.2, -0.15) is 0 Å². The Kier molecular flexibility index (Phi) is 7.81. The lowest BCUT2D eigenvalue weighted by molar-refractivity contribution is -0.144. The van der Waals surface area contributed by atoms with E-state index in [2.05, 4.69) is 17.6 Å². The number of nitrogens with one attached hydrogen (secondary N) is 2. The molecule has 0 radical (unpaired) electrons. The monoisotopic (exact) mass is 501 g/mol. The van der Waals surface area contributed by atoms with Crippen molar-refractivity contribution in [3.63, 3.8) is 0 Å². The van der Waals surface area contributed by atoms with E-state index >= 15 is 0 Å². The highest BCUT2D eigenvalue weighted by Gasteiger charge is 2.76. The number of nitrogens with zero attached hydrogens (tertiary/aromatic N) is 1. The van der Waals surface area contributed by atoms with Crippen LogP contribution in [-0.2, 0) is 20.9 Å². The number of aliphatic hydroxyl groups excluding tert-OH is 1. The molecule has 1 aromatic carbocycles. The fraction of sp³-hybridized carbons (Fsp3) is 0.667. The van der Waals surface area contributed by atoms with Crippen molar-refractivity contribution in [3.05, 3.63) is 35.9 Å². The lowest BCUT2D eigenvalue weighted by Gasteiger charge is -2.41. The average Bonchev–Trinajstić information content (AvgIpc) is 3.46. The minimum absolute atomic E-state index is 0.0217. The highest BCUT2D eigenvalue weighted by molar-refractivity contribution is 8.02. The van der Waals surface area contributed by atoms with Crippen molar-refractivity contribution in [2.45, 2.75) is 75.6 Å². The maximum Gasteiger partial charge on any atom is 0.244 e. The van der Waals surface area contributed by atoms with E-state index in [0.29, 0.717) is 13.1 Å². The molecule has 192 valence electrons. The summed E-state index contributed by atoms with van der Waals surface area (Å²) in [6, 6.07) is 8.53. The van der Waals surface area contributed by atoms with Crippen LogP contribution >= 0.6 is 11.8 Å². The predicted octanol–water partition coefficient (Wildman–Crippen LogP) is 2.57. The van der Waals surface area contributed by atoms with E-state index < -0.39 is 28.7 Å². The van der Waals surface area contributed by atoms with Crippen molar-refractivity contribution in [1.82, 2.24) is 15.5 Å². The Morgan fingerprint density at radius 2 is 1.91 bits per heavy atom. The third kappa shape index (κ3) is 4.26. The van der Waals surface area contributed by atoms with E-state index in [-0.39, 0.29) is 41.4 Å². The second kappa shape index (κ2) is 10.5. The second-order valence-corrected chi connectivity index (χ2v) is 12.0. The molecule has 35 heavy (non-hydrogen) atoms. The van der Waals surface area contributed by atoms with Crippen LogP contribution in [0.3, 0.4) is 0 Å². The van der Waals surface area contributed by atoms with Crippen LogP contribution in [0.15, 0.2) is 30.3 Å². The topological polar surface area (TPSA) is 98.7 Å². The van der Waals surface area contributed by atoms with E-state index in [4.69, 9.17) is 0 Å². The molecule has 0 saturated carbocycles. The fourth-order valence-corrected chi connectivity index (χ4v) is 8.89. The molecule has 3 amide bonds. The number of benzene rings is 1. The number of carbonyl (C=O) groups excluding carboxylic acids is 3. The zero-order chi connectivity index (χ0) is 25.3. The summed E-state index contributed by atoms with van der Waals surface area (Å²) in [4.78, 5) is 43.0. The van der Waals surface area contributed by atoms with Gasteiger partial charge in [-0.1, -0.05) is 64.4 Å². The molecule has 3 N–H and O–H groups in total. The summed E-state index contributed by atoms with van der Waals surface area (Å²) in [6.07, 6.45) is 2.41. The van der Waals surface area contributed by atoms with Gasteiger partial charge in [-0.05, 0) is 30.2 Å². The Labute approximate surface area is 212 Å². The van der Waals surface area contributed by atoms with E-state index in [9.17, 15) is 19.5 Å². The van der Waals surface area contributed by atoms with E-state index in [1.807, 2.05) is 51.1 Å². The Morgan fingerprint density at radius 1 is 1.20 bits per heavy atom. The number of fused-ring (bicyclic) bond motifs is 1. The first-order valence-corrected chi connectivity index (χ1v) is 13.9. The van der Waals surface area contributed by atoms with Crippen LogP contribution in [0, 0.1) is 23.7 Å². The normalized spacial score (nSPS) is 32.9. The van der Waals surface area contributed by atoms with Gasteiger partial charge in [0.2, 0.25) is 17.7 Å². The smallest absolute Gasteiger partial charge is 0.244 e. The maximum absolute atomic E-state index is 14.2. The van der Waals surface area contributed by atoms with Crippen LogP contribution in [0.4, 0.5) is 0 Å². The van der Waals surface area contributed by atoms with Gasteiger partial charge >= 0.3 is 0 Å². The average molecular weight is 502 g/mol. The molecule has 1 aromatic rings. The van der Waals surface area contributed by atoms with Crippen LogP contribution in [0.1, 0.15) is 52.5 Å². The first-order valence-electron chi connectivity index (χ1n) is 13.0. The Hall–Kier alpha value is -2.06. The van der Waals surface area contributed by atoms with Gasteiger partial charge in [-0.25, -0.2) is 0 Å². The quantitative estimate of drug-likeness (QED) is 0.458. The molecule has 8 heteroatoms. The number of carbonyl (C=O) groups is 3. The van der Waals surface area contributed by atoms with Crippen molar-refractivity contribution in [1.29, 1.82) is 0 Å². The summed E-state index contributed by atoms with van der Waals surface area (Å²) in [6.45, 7) is 8.90. The number of hydrogen-bond donors (Lipinski definition) is 3. The molecular formula is C27H39N3O4S. The van der Waals surface area contributed by atoms with Gasteiger partial charge < -0.3 is 20.6 Å². The first-order chi connectivity index (χ1) is 16.8. The molecule has 3 aliphatic rings. The number of hydrogen-bond acceptors (Lipinski definition) is 5. The molecule has 3 heterocycles. The van der Waals surface area contributed by atoms with Gasteiger partial charge in [0.25, 0.3) is 0 Å². The molecule has 3 aliphatic heterocycles. The molecule has 2 bridgehead atoms. The number of amides is 3. The Morgan fingerprint density at radius 3 is 2.54 bits per heavy atom. The van der Waals surface area contributed by atoms with Crippen molar-refractivity contribution in [2.75, 3.05) is 13.2 Å². The zero-order valence-corrected chi connectivity index (χ0v) is 22.0. The highest BCUT2D eigenvalue weighted by atomic mass is 32.2. The minimum Gasteiger partial charge on any atom is -0.394 e. The largest absolute Gasteiger partial charge is 0.394 e. The molecule has 0 aliphatic carbocycles. The van der Waals surface area contributed by atoms with Gasteiger partial charge in [0.05, 0.1) is 29.2 Å². The van der Waals surface area contributed by atoms with Gasteiger partial charge in [0, 0.05) is 18.3 Å². The van der Waals surface area contributed by atoms with Gasteiger partial charge in [0.15, 0.2) is 0 Å².